The van der Waals surface area contributed by atoms with Gasteiger partial charge in [-0.2, -0.15) is 0 Å². The summed E-state index contributed by atoms with van der Waals surface area (Å²) in [5.74, 6) is 2.38. The maximum atomic E-state index is 8.83. The number of azide groups is 2. The summed E-state index contributed by atoms with van der Waals surface area (Å²) in [4.78, 5) is 15.0. The molecule has 0 N–H and O–H groups in total. The molecule has 4 aromatic rings. The van der Waals surface area contributed by atoms with E-state index in [0.29, 0.717) is 132 Å². The van der Waals surface area contributed by atoms with Gasteiger partial charge in [-0.15, -0.1) is 0 Å². The molecule has 18 nitrogen and oxygen atoms in total. The van der Waals surface area contributed by atoms with Crippen molar-refractivity contribution < 1.29 is 32.8 Å². The van der Waals surface area contributed by atoms with Crippen LogP contribution in [0.15, 0.2) is 106 Å². The van der Waals surface area contributed by atoms with Crippen LogP contribution in [0.3, 0.4) is 0 Å². The van der Waals surface area contributed by atoms with Gasteiger partial charge in [0.15, 0.2) is 0 Å². The summed E-state index contributed by atoms with van der Waals surface area (Å²) in [6, 6.07) is 32.3. The zero-order chi connectivity index (χ0) is 53.1. The van der Waals surface area contributed by atoms with Gasteiger partial charge in [0.25, 0.3) is 0 Å². The van der Waals surface area contributed by atoms with Gasteiger partial charge >= 0.3 is 0 Å². The van der Waals surface area contributed by atoms with E-state index in [9.17, 15) is 0 Å². The number of anilines is 4. The van der Waals surface area contributed by atoms with E-state index in [1.165, 1.54) is 0 Å². The number of hydrogen-bond acceptors (Lipinski definition) is 13. The highest BCUT2D eigenvalue weighted by atomic mass is 16.5. The van der Waals surface area contributed by atoms with E-state index in [2.05, 4.69) is 156 Å². The molecule has 0 aromatic heterocycles. The van der Waals surface area contributed by atoms with Gasteiger partial charge in [-0.3, -0.25) is 0 Å². The monoisotopic (exact) mass is 1040 g/mol. The molecule has 1 fully saturated rings. The van der Waals surface area contributed by atoms with Gasteiger partial charge in [-0.05, 0) is 115 Å². The van der Waals surface area contributed by atoms with Crippen LogP contribution < -0.4 is 39.0 Å². The molecular formula is C58H74N11O7+. The first kappa shape index (κ1) is 55.1. The normalized spacial score (nSPS) is 16.1. The van der Waals surface area contributed by atoms with Crippen molar-refractivity contribution in [2.24, 2.45) is 10.2 Å². The number of benzene rings is 5. The Hall–Kier alpha value is -7.17. The summed E-state index contributed by atoms with van der Waals surface area (Å²) < 4.78 is 47.2. The van der Waals surface area contributed by atoms with Crippen LogP contribution in [0.25, 0.3) is 54.3 Å². The second kappa shape index (κ2) is 28.1. The first-order valence-corrected chi connectivity index (χ1v) is 26.6. The quantitative estimate of drug-likeness (QED) is 0.0229. The van der Waals surface area contributed by atoms with Crippen molar-refractivity contribution in [3.8, 4) is 33.9 Å². The summed E-state index contributed by atoms with van der Waals surface area (Å²) in [7, 11) is 4.08. The Labute approximate surface area is 446 Å². The highest BCUT2D eigenvalue weighted by molar-refractivity contribution is 6.03. The second-order valence-electron chi connectivity index (χ2n) is 19.3. The maximum absolute atomic E-state index is 8.83. The lowest BCUT2D eigenvalue weighted by molar-refractivity contribution is 0.0435. The van der Waals surface area contributed by atoms with E-state index in [1.54, 1.807) is 0 Å². The maximum Gasteiger partial charge on any atom is 0.203 e. The summed E-state index contributed by atoms with van der Waals surface area (Å²) in [6.45, 7) is 17.5. The lowest BCUT2D eigenvalue weighted by Crippen LogP contribution is -2.34. The molecule has 0 amide bonds. The molecule has 76 heavy (non-hydrogen) atoms. The van der Waals surface area contributed by atoms with Crippen molar-refractivity contribution in [3.63, 3.8) is 0 Å². The average Bonchev–Trinajstić information content (AvgIpc) is 3.44. The zero-order valence-corrected chi connectivity index (χ0v) is 45.0. The van der Waals surface area contributed by atoms with Crippen LogP contribution >= 0.6 is 0 Å². The summed E-state index contributed by atoms with van der Waals surface area (Å²) >= 11 is 0. The molecule has 0 spiro atoms. The predicted octanol–water partition coefficient (Wildman–Crippen LogP) is 10.0. The van der Waals surface area contributed by atoms with Crippen LogP contribution in [0.4, 0.5) is 22.7 Å². The first-order valence-electron chi connectivity index (χ1n) is 26.6. The SMILES string of the molecule is Cc1ccc2c(c1)OCCN(c1ccc(-c3c4ccc(=[N+](C)CCCN=[N+]=[N-])cc-4oc4cc(N(C)CCCN=[N+]=[N-])ccc34)cc1C)CCOc1cc(C)ccc1N1CCOCCOCCN2CCOCCOCC1. The molecular weight excluding hydrogens is 963 g/mol. The highest BCUT2D eigenvalue weighted by Crippen LogP contribution is 2.42. The smallest absolute Gasteiger partial charge is 0.203 e. The van der Waals surface area contributed by atoms with E-state index in [0.717, 1.165) is 103 Å². The van der Waals surface area contributed by atoms with Crippen LogP contribution in [0, 0.1) is 20.8 Å². The molecule has 4 aliphatic heterocycles. The van der Waals surface area contributed by atoms with Crippen LogP contribution in [-0.2, 0) is 18.9 Å². The van der Waals surface area contributed by atoms with Crippen LogP contribution in [0.5, 0.6) is 11.5 Å². The molecule has 0 saturated carbocycles. The lowest BCUT2D eigenvalue weighted by atomic mass is 9.92. The molecule has 4 heterocycles. The van der Waals surface area contributed by atoms with Gasteiger partial charge in [0.1, 0.15) is 49.6 Å². The second-order valence-corrected chi connectivity index (χ2v) is 19.3. The Morgan fingerprint density at radius 3 is 1.68 bits per heavy atom. The van der Waals surface area contributed by atoms with Crippen molar-refractivity contribution in [1.82, 2.24) is 4.58 Å². The highest BCUT2D eigenvalue weighted by Gasteiger charge is 2.22. The van der Waals surface area contributed by atoms with Crippen molar-refractivity contribution in [1.29, 1.82) is 0 Å². The van der Waals surface area contributed by atoms with Crippen molar-refractivity contribution in [2.45, 2.75) is 33.6 Å². The van der Waals surface area contributed by atoms with Gasteiger partial charge in [0, 0.05) is 109 Å². The molecule has 18 heteroatoms. The van der Waals surface area contributed by atoms with Crippen molar-refractivity contribution >= 4 is 33.7 Å². The Kier molecular flexibility index (Phi) is 20.4. The molecule has 1 saturated heterocycles. The van der Waals surface area contributed by atoms with Gasteiger partial charge in [-0.25, -0.2) is 4.58 Å². The molecule has 2 bridgehead atoms. The largest absolute Gasteiger partial charge is 0.490 e. The third-order valence-corrected chi connectivity index (χ3v) is 13.9. The molecule has 0 unspecified atom stereocenters. The number of hydrogen-bond donors (Lipinski definition) is 0. The van der Waals surface area contributed by atoms with E-state index in [-0.39, 0.29) is 0 Å². The Bertz CT molecular complexity index is 2910. The third-order valence-electron chi connectivity index (χ3n) is 13.9. The van der Waals surface area contributed by atoms with E-state index in [4.69, 9.17) is 43.9 Å². The lowest BCUT2D eigenvalue weighted by Gasteiger charge is -2.30. The van der Waals surface area contributed by atoms with E-state index >= 15 is 0 Å². The fraction of sp³-hybridized carbons (Fsp3) is 0.466. The average molecular weight is 1040 g/mol. The summed E-state index contributed by atoms with van der Waals surface area (Å²) in [5.41, 5.74) is 28.9. The summed E-state index contributed by atoms with van der Waals surface area (Å²) in [5, 5.41) is 9.45. The minimum atomic E-state index is 0.427. The zero-order valence-electron chi connectivity index (χ0n) is 45.0. The van der Waals surface area contributed by atoms with Gasteiger partial charge in [-0.1, -0.05) is 28.4 Å². The molecule has 4 aromatic carbocycles. The third kappa shape index (κ3) is 14.8. The number of fused-ring (bicyclic) bond motifs is 22. The molecule has 9 rings (SSSR count). The molecule has 1 aliphatic carbocycles. The fourth-order valence-corrected chi connectivity index (χ4v) is 9.85. The Morgan fingerprint density at radius 2 is 1.12 bits per heavy atom. The van der Waals surface area contributed by atoms with E-state index in [1.807, 2.05) is 14.1 Å². The topological polar surface area (TPSA) is 182 Å². The van der Waals surface area contributed by atoms with E-state index < -0.39 is 0 Å². The standard InChI is InChI=1S/C58H74N11O7/c1-43-8-15-52-56(38-43)74-32-26-67(27-33-75-57-39-44(2)9-16-53(57)69-24-30-72-36-34-70-28-22-68(52)23-29-71-35-37-73-31-25-69)51-17-10-46(40-45(51)3)58-49-13-11-47(65(4)20-6-18-61-63-59)41-54(49)76-55-42-48(12-14-50(55)58)66(5)21-7-19-62-64-60/h8-17,38-42H,6-7,18-37H2,1-5H3/q+1. The molecule has 0 radical (unpaired) electrons. The predicted molar refractivity (Wildman–Crippen MR) is 303 cm³/mol. The Balaban J connectivity index is 1.17. The Morgan fingerprint density at radius 1 is 0.579 bits per heavy atom. The number of aryl methyl sites for hydroxylation is 3. The van der Waals surface area contributed by atoms with Gasteiger partial charge in [0.05, 0.1) is 83.4 Å². The van der Waals surface area contributed by atoms with Gasteiger partial charge < -0.3 is 52.4 Å². The molecule has 0 atom stereocenters. The van der Waals surface area contributed by atoms with Crippen molar-refractivity contribution in [2.75, 3.05) is 165 Å². The van der Waals surface area contributed by atoms with Crippen LogP contribution in [0.1, 0.15) is 29.5 Å². The number of rotatable bonds is 11. The van der Waals surface area contributed by atoms with Crippen LogP contribution in [-0.4, -0.2) is 146 Å². The van der Waals surface area contributed by atoms with Gasteiger partial charge in [0.2, 0.25) is 5.36 Å². The van der Waals surface area contributed by atoms with Crippen LogP contribution in [0.2, 0.25) is 0 Å². The number of nitrogens with zero attached hydrogens (tertiary/aromatic N) is 11. The molecule has 5 aliphatic rings. The minimum absolute atomic E-state index is 0.427. The fourth-order valence-electron chi connectivity index (χ4n) is 9.85. The molecule has 402 valence electrons. The van der Waals surface area contributed by atoms with Crippen molar-refractivity contribution in [3.05, 3.63) is 134 Å². The number of ether oxygens (including phenoxy) is 6. The minimum Gasteiger partial charge on any atom is -0.490 e. The first-order chi connectivity index (χ1) is 37.2. The summed E-state index contributed by atoms with van der Waals surface area (Å²) in [6.07, 6.45) is 1.45.